The summed E-state index contributed by atoms with van der Waals surface area (Å²) in [6.07, 6.45) is 4.13. The number of ketones is 1. The van der Waals surface area contributed by atoms with Gasteiger partial charge in [0.25, 0.3) is 0 Å². The van der Waals surface area contributed by atoms with E-state index in [-0.39, 0.29) is 5.92 Å². The number of hydrogen-bond donors (Lipinski definition) is 0. The van der Waals surface area contributed by atoms with Gasteiger partial charge >= 0.3 is 0 Å². The molecule has 0 bridgehead atoms. The number of hydrogen-bond acceptors (Lipinski definition) is 1. The molecular weight excluding hydrogens is 196 g/mol. The van der Waals surface area contributed by atoms with Gasteiger partial charge in [-0.25, -0.2) is 0 Å². The highest BCUT2D eigenvalue weighted by Gasteiger charge is 2.31. The number of carbonyl (C=O) groups is 1. The van der Waals surface area contributed by atoms with Crippen LogP contribution in [-0.2, 0) is 11.2 Å². The molecule has 1 aromatic rings. The molecule has 86 valence electrons. The Morgan fingerprint density at radius 2 is 2.19 bits per heavy atom. The molecule has 1 fully saturated rings. The fourth-order valence-corrected chi connectivity index (χ4v) is 2.72. The summed E-state index contributed by atoms with van der Waals surface area (Å²) in [6, 6.07) is 8.80. The van der Waals surface area contributed by atoms with E-state index in [0.29, 0.717) is 11.7 Å². The van der Waals surface area contributed by atoms with Gasteiger partial charge in [-0.2, -0.15) is 0 Å². The van der Waals surface area contributed by atoms with Gasteiger partial charge in [0.2, 0.25) is 0 Å². The predicted octanol–water partition coefficient (Wildman–Crippen LogP) is 3.72. The van der Waals surface area contributed by atoms with Crippen LogP contribution in [0.5, 0.6) is 0 Å². The van der Waals surface area contributed by atoms with E-state index in [1.54, 1.807) is 0 Å². The summed E-state index contributed by atoms with van der Waals surface area (Å²) in [5.74, 6) is 1.12. The molecule has 0 amide bonds. The Morgan fingerprint density at radius 1 is 1.38 bits per heavy atom. The quantitative estimate of drug-likeness (QED) is 0.752. The molecule has 1 aliphatic carbocycles. The molecule has 0 aromatic heterocycles. The average molecular weight is 216 g/mol. The zero-order valence-electron chi connectivity index (χ0n) is 10.2. The van der Waals surface area contributed by atoms with Crippen molar-refractivity contribution in [3.63, 3.8) is 0 Å². The average Bonchev–Trinajstić information content (AvgIpc) is 2.61. The maximum absolute atomic E-state index is 11.6. The normalized spacial score (nSPS) is 25.0. The van der Waals surface area contributed by atoms with Gasteiger partial charge in [0.15, 0.2) is 0 Å². The second-order valence-electron chi connectivity index (χ2n) is 4.90. The Kier molecular flexibility index (Phi) is 3.42. The minimum atomic E-state index is 0.219. The molecule has 2 atom stereocenters. The molecule has 0 heterocycles. The molecule has 0 radical (unpaired) electrons. The van der Waals surface area contributed by atoms with Crippen molar-refractivity contribution in [1.29, 1.82) is 0 Å². The van der Waals surface area contributed by atoms with Gasteiger partial charge in [0.1, 0.15) is 5.78 Å². The molecule has 1 saturated carbocycles. The molecule has 0 aliphatic heterocycles. The molecule has 2 rings (SSSR count). The van der Waals surface area contributed by atoms with Crippen molar-refractivity contribution < 1.29 is 4.79 Å². The molecular formula is C15H20O. The standard InChI is InChI=1S/C15H20O/c1-3-5-12-6-4-7-13(10-12)14-8-9-15(16)11(14)2/h4,6-7,10-11,14H,3,5,8-9H2,1-2H3. The number of rotatable bonds is 3. The minimum absolute atomic E-state index is 0.219. The van der Waals surface area contributed by atoms with Gasteiger partial charge in [-0.05, 0) is 29.9 Å². The Balaban J connectivity index is 2.20. The lowest BCUT2D eigenvalue weighted by molar-refractivity contribution is -0.120. The zero-order valence-corrected chi connectivity index (χ0v) is 10.2. The van der Waals surface area contributed by atoms with Crippen LogP contribution in [0.25, 0.3) is 0 Å². The van der Waals surface area contributed by atoms with Crippen molar-refractivity contribution in [2.45, 2.75) is 45.4 Å². The highest BCUT2D eigenvalue weighted by molar-refractivity contribution is 5.84. The summed E-state index contributed by atoms with van der Waals surface area (Å²) in [5.41, 5.74) is 2.77. The van der Waals surface area contributed by atoms with Gasteiger partial charge < -0.3 is 0 Å². The lowest BCUT2D eigenvalue weighted by Gasteiger charge is -2.15. The zero-order chi connectivity index (χ0) is 11.5. The largest absolute Gasteiger partial charge is 0.299 e. The van der Waals surface area contributed by atoms with Crippen LogP contribution < -0.4 is 0 Å². The van der Waals surface area contributed by atoms with Crippen molar-refractivity contribution in [2.75, 3.05) is 0 Å². The van der Waals surface area contributed by atoms with Crippen LogP contribution in [0.1, 0.15) is 50.2 Å². The molecule has 1 aliphatic rings. The van der Waals surface area contributed by atoms with E-state index in [1.807, 2.05) is 0 Å². The Morgan fingerprint density at radius 3 is 2.81 bits per heavy atom. The van der Waals surface area contributed by atoms with E-state index in [9.17, 15) is 4.79 Å². The first-order valence-electron chi connectivity index (χ1n) is 6.34. The summed E-state index contributed by atoms with van der Waals surface area (Å²) >= 11 is 0. The van der Waals surface area contributed by atoms with Crippen molar-refractivity contribution >= 4 is 5.78 Å². The molecule has 0 saturated heterocycles. The fraction of sp³-hybridized carbons (Fsp3) is 0.533. The lowest BCUT2D eigenvalue weighted by atomic mass is 9.88. The van der Waals surface area contributed by atoms with Gasteiger partial charge in [0, 0.05) is 12.3 Å². The van der Waals surface area contributed by atoms with Crippen LogP contribution in [0, 0.1) is 5.92 Å². The van der Waals surface area contributed by atoms with Crippen LogP contribution in [-0.4, -0.2) is 5.78 Å². The summed E-state index contributed by atoms with van der Waals surface area (Å²) in [4.78, 5) is 11.6. The third-order valence-corrected chi connectivity index (χ3v) is 3.73. The first-order chi connectivity index (χ1) is 7.72. The molecule has 1 nitrogen and oxygen atoms in total. The van der Waals surface area contributed by atoms with E-state index in [4.69, 9.17) is 0 Å². The second kappa shape index (κ2) is 4.82. The van der Waals surface area contributed by atoms with E-state index < -0.39 is 0 Å². The van der Waals surface area contributed by atoms with Crippen LogP contribution in [0.15, 0.2) is 24.3 Å². The van der Waals surface area contributed by atoms with E-state index in [1.165, 1.54) is 17.5 Å². The Hall–Kier alpha value is -1.11. The number of benzene rings is 1. The van der Waals surface area contributed by atoms with Crippen LogP contribution in [0.3, 0.4) is 0 Å². The van der Waals surface area contributed by atoms with Crippen LogP contribution in [0.2, 0.25) is 0 Å². The topological polar surface area (TPSA) is 17.1 Å². The maximum Gasteiger partial charge on any atom is 0.136 e. The Bertz CT molecular complexity index is 381. The first-order valence-corrected chi connectivity index (χ1v) is 6.34. The monoisotopic (exact) mass is 216 g/mol. The highest BCUT2D eigenvalue weighted by atomic mass is 16.1. The van der Waals surface area contributed by atoms with E-state index >= 15 is 0 Å². The van der Waals surface area contributed by atoms with Crippen LogP contribution >= 0.6 is 0 Å². The predicted molar refractivity (Wildman–Crippen MR) is 66.6 cm³/mol. The second-order valence-corrected chi connectivity index (χ2v) is 4.90. The number of carbonyl (C=O) groups excluding carboxylic acids is 1. The molecule has 0 N–H and O–H groups in total. The van der Waals surface area contributed by atoms with Crippen molar-refractivity contribution in [3.8, 4) is 0 Å². The molecule has 0 spiro atoms. The molecule has 16 heavy (non-hydrogen) atoms. The molecule has 1 aromatic carbocycles. The minimum Gasteiger partial charge on any atom is -0.299 e. The lowest BCUT2D eigenvalue weighted by Crippen LogP contribution is -2.09. The fourth-order valence-electron chi connectivity index (χ4n) is 2.72. The van der Waals surface area contributed by atoms with E-state index in [0.717, 1.165) is 19.3 Å². The third kappa shape index (κ3) is 2.18. The van der Waals surface area contributed by atoms with E-state index in [2.05, 4.69) is 38.1 Å². The van der Waals surface area contributed by atoms with Gasteiger partial charge in [-0.15, -0.1) is 0 Å². The van der Waals surface area contributed by atoms with Crippen molar-refractivity contribution in [3.05, 3.63) is 35.4 Å². The van der Waals surface area contributed by atoms with Crippen LogP contribution in [0.4, 0.5) is 0 Å². The number of aryl methyl sites for hydroxylation is 1. The molecule has 2 unspecified atom stereocenters. The number of Topliss-reactive ketones (excluding diaryl/α,β-unsaturated/α-hetero) is 1. The SMILES string of the molecule is CCCc1cccc(C2CCC(=O)C2C)c1. The Labute approximate surface area is 97.9 Å². The summed E-state index contributed by atoms with van der Waals surface area (Å²) in [5, 5.41) is 0. The van der Waals surface area contributed by atoms with Crippen molar-refractivity contribution in [1.82, 2.24) is 0 Å². The summed E-state index contributed by atoms with van der Waals surface area (Å²) < 4.78 is 0. The third-order valence-electron chi connectivity index (χ3n) is 3.73. The smallest absolute Gasteiger partial charge is 0.136 e. The van der Waals surface area contributed by atoms with Gasteiger partial charge in [-0.3, -0.25) is 4.79 Å². The van der Waals surface area contributed by atoms with Crippen molar-refractivity contribution in [2.24, 2.45) is 5.92 Å². The highest BCUT2D eigenvalue weighted by Crippen LogP contribution is 2.37. The van der Waals surface area contributed by atoms with Gasteiger partial charge in [0.05, 0.1) is 0 Å². The summed E-state index contributed by atoms with van der Waals surface area (Å²) in [7, 11) is 0. The summed E-state index contributed by atoms with van der Waals surface area (Å²) in [6.45, 7) is 4.28. The first kappa shape index (κ1) is 11.4. The van der Waals surface area contributed by atoms with Gasteiger partial charge in [-0.1, -0.05) is 44.5 Å². The molecule has 1 heteroatoms. The maximum atomic E-state index is 11.6.